The van der Waals surface area contributed by atoms with Crippen molar-refractivity contribution in [2.75, 3.05) is 4.90 Å². The Balaban J connectivity index is 1.23. The molecule has 0 bridgehead atoms. The maximum absolute atomic E-state index is 2.58. The van der Waals surface area contributed by atoms with E-state index in [1.807, 2.05) is 0 Å². The van der Waals surface area contributed by atoms with Gasteiger partial charge in [0, 0.05) is 16.9 Å². The molecule has 11 rings (SSSR count). The van der Waals surface area contributed by atoms with Crippen molar-refractivity contribution < 1.29 is 0 Å². The van der Waals surface area contributed by atoms with E-state index in [9.17, 15) is 0 Å². The molecule has 0 saturated carbocycles. The lowest BCUT2D eigenvalue weighted by molar-refractivity contribution is 0.685. The van der Waals surface area contributed by atoms with Crippen LogP contribution in [0, 0.1) is 0 Å². The molecule has 0 fully saturated rings. The molecule has 0 spiro atoms. The molecule has 58 heavy (non-hydrogen) atoms. The van der Waals surface area contributed by atoms with E-state index >= 15 is 0 Å². The van der Waals surface area contributed by atoms with Gasteiger partial charge in [-0.1, -0.05) is 152 Å². The van der Waals surface area contributed by atoms with Crippen molar-refractivity contribution in [1.82, 2.24) is 0 Å². The Kier molecular flexibility index (Phi) is 8.69. The first-order chi connectivity index (χ1) is 28.8. The summed E-state index contributed by atoms with van der Waals surface area (Å²) in [6.07, 6.45) is 9.66. The van der Waals surface area contributed by atoms with Crippen LogP contribution in [-0.2, 0) is 31.1 Å². The Bertz CT molecular complexity index is 2720. The molecule has 1 heteroatoms. The van der Waals surface area contributed by atoms with E-state index < -0.39 is 5.41 Å². The molecule has 8 aromatic carbocycles. The summed E-state index contributed by atoms with van der Waals surface area (Å²) in [5, 5.41) is 0. The molecule has 0 N–H and O–H groups in total. The highest BCUT2D eigenvalue weighted by atomic mass is 15.1. The quantitative estimate of drug-likeness (QED) is 0.157. The summed E-state index contributed by atoms with van der Waals surface area (Å²) in [5.74, 6) is 0. The maximum atomic E-state index is 2.58. The normalized spacial score (nSPS) is 14.8. The van der Waals surface area contributed by atoms with Gasteiger partial charge < -0.3 is 4.90 Å². The predicted molar refractivity (Wildman–Crippen MR) is 243 cm³/mol. The number of rotatable bonds is 7. The van der Waals surface area contributed by atoms with Crippen LogP contribution < -0.4 is 4.90 Å². The third-order valence-corrected chi connectivity index (χ3v) is 13.3. The van der Waals surface area contributed by atoms with Crippen molar-refractivity contribution in [3.63, 3.8) is 0 Å². The van der Waals surface area contributed by atoms with E-state index in [-0.39, 0.29) is 0 Å². The second kappa shape index (κ2) is 14.5. The number of anilines is 3. The topological polar surface area (TPSA) is 3.24 Å². The average molecular weight is 746 g/mol. The molecule has 0 unspecified atom stereocenters. The molecular weight excluding hydrogens is 699 g/mol. The Labute approximate surface area is 343 Å². The van der Waals surface area contributed by atoms with Crippen molar-refractivity contribution in [1.29, 1.82) is 0 Å². The minimum Gasteiger partial charge on any atom is -0.310 e. The molecule has 0 aliphatic heterocycles. The fourth-order valence-electron chi connectivity index (χ4n) is 10.5. The van der Waals surface area contributed by atoms with Crippen LogP contribution in [0.1, 0.15) is 70.2 Å². The van der Waals surface area contributed by atoms with E-state index in [0.717, 1.165) is 24.9 Å². The molecule has 8 aromatic rings. The Morgan fingerprint density at radius 3 is 1.52 bits per heavy atom. The number of nitrogens with zero attached hydrogens (tertiary/aromatic N) is 1. The van der Waals surface area contributed by atoms with Crippen LogP contribution in [0.4, 0.5) is 17.1 Å². The molecule has 0 saturated heterocycles. The number of aryl methyl sites for hydroxylation is 4. The van der Waals surface area contributed by atoms with Crippen molar-refractivity contribution in [3.8, 4) is 33.4 Å². The smallest absolute Gasteiger partial charge is 0.0714 e. The van der Waals surface area contributed by atoms with Gasteiger partial charge in [0.15, 0.2) is 0 Å². The third kappa shape index (κ3) is 5.75. The fraction of sp³-hybridized carbons (Fsp3) is 0.158. The van der Waals surface area contributed by atoms with E-state index in [0.29, 0.717) is 0 Å². The van der Waals surface area contributed by atoms with Crippen molar-refractivity contribution in [2.45, 2.75) is 56.8 Å². The molecule has 0 heterocycles. The monoisotopic (exact) mass is 745 g/mol. The number of fused-ring (bicyclic) bond motifs is 5. The van der Waals surface area contributed by atoms with Gasteiger partial charge in [0.05, 0.1) is 11.1 Å². The molecule has 0 radical (unpaired) electrons. The van der Waals surface area contributed by atoms with Gasteiger partial charge in [-0.15, -0.1) is 0 Å². The fourth-order valence-corrected chi connectivity index (χ4v) is 10.5. The van der Waals surface area contributed by atoms with E-state index in [1.165, 1.54) is 121 Å². The first-order valence-corrected chi connectivity index (χ1v) is 21.3. The number of hydrogen-bond donors (Lipinski definition) is 0. The van der Waals surface area contributed by atoms with Crippen LogP contribution in [0.15, 0.2) is 188 Å². The van der Waals surface area contributed by atoms with Crippen molar-refractivity contribution in [2.24, 2.45) is 0 Å². The van der Waals surface area contributed by atoms with Gasteiger partial charge in [-0.05, 0) is 160 Å². The first-order valence-electron chi connectivity index (χ1n) is 21.3. The number of hydrogen-bond acceptors (Lipinski definition) is 1. The highest BCUT2D eigenvalue weighted by molar-refractivity contribution is 5.97. The molecule has 280 valence electrons. The molecule has 3 aliphatic rings. The average Bonchev–Trinajstić information content (AvgIpc) is 3.59. The second-order valence-electron chi connectivity index (χ2n) is 16.5. The van der Waals surface area contributed by atoms with Crippen LogP contribution in [0.5, 0.6) is 0 Å². The van der Waals surface area contributed by atoms with Crippen molar-refractivity contribution >= 4 is 17.1 Å². The van der Waals surface area contributed by atoms with Gasteiger partial charge in [0.2, 0.25) is 0 Å². The Morgan fingerprint density at radius 1 is 0.328 bits per heavy atom. The lowest BCUT2D eigenvalue weighted by Gasteiger charge is -2.36. The first kappa shape index (κ1) is 34.8. The summed E-state index contributed by atoms with van der Waals surface area (Å²) in [6, 6.07) is 71.4. The molecule has 1 nitrogen and oxygen atoms in total. The zero-order chi connectivity index (χ0) is 38.5. The zero-order valence-electron chi connectivity index (χ0n) is 33.0. The lowest BCUT2D eigenvalue weighted by Crippen LogP contribution is -2.28. The summed E-state index contributed by atoms with van der Waals surface area (Å²) in [4.78, 5) is 2.57. The second-order valence-corrected chi connectivity index (χ2v) is 16.5. The summed E-state index contributed by atoms with van der Waals surface area (Å²) < 4.78 is 0. The summed E-state index contributed by atoms with van der Waals surface area (Å²) in [7, 11) is 0. The number of benzene rings is 8. The highest BCUT2D eigenvalue weighted by Crippen LogP contribution is 2.59. The van der Waals surface area contributed by atoms with Gasteiger partial charge in [-0.25, -0.2) is 0 Å². The Morgan fingerprint density at radius 2 is 0.845 bits per heavy atom. The highest BCUT2D eigenvalue weighted by Gasteiger charge is 2.47. The zero-order valence-corrected chi connectivity index (χ0v) is 33.0. The van der Waals surface area contributed by atoms with Gasteiger partial charge in [0.1, 0.15) is 0 Å². The minimum absolute atomic E-state index is 0.504. The molecule has 0 amide bonds. The molecule has 0 aromatic heterocycles. The van der Waals surface area contributed by atoms with Crippen LogP contribution >= 0.6 is 0 Å². The van der Waals surface area contributed by atoms with Crippen LogP contribution in [0.3, 0.4) is 0 Å². The van der Waals surface area contributed by atoms with Gasteiger partial charge in [-0.2, -0.15) is 0 Å². The van der Waals surface area contributed by atoms with Crippen LogP contribution in [0.25, 0.3) is 33.4 Å². The lowest BCUT2D eigenvalue weighted by atomic mass is 9.67. The Hall–Kier alpha value is -6.44. The third-order valence-electron chi connectivity index (χ3n) is 13.3. The van der Waals surface area contributed by atoms with Crippen LogP contribution in [-0.4, -0.2) is 0 Å². The van der Waals surface area contributed by atoms with E-state index in [4.69, 9.17) is 0 Å². The molecular formula is C57H47N. The standard InChI is InChI=1S/C57H47N/c1-4-16-40(17-5-1)43-30-33-49(34-31-43)58(50-35-32-42-19-11-13-21-45(42)37-50)56-39-55-53(38-52(56)46-29-28-41-18-10-12-20-44(41)36-46)51-26-14-15-27-54(51)57(55,47-22-6-2-7-23-47)48-24-8-3-9-25-48/h1-9,14-17,22-39H,10-13,18-21H2. The summed E-state index contributed by atoms with van der Waals surface area (Å²) in [5.41, 5.74) is 22.0. The van der Waals surface area contributed by atoms with E-state index in [1.54, 1.807) is 0 Å². The molecule has 3 aliphatic carbocycles. The summed E-state index contributed by atoms with van der Waals surface area (Å²) in [6.45, 7) is 0. The van der Waals surface area contributed by atoms with Gasteiger partial charge >= 0.3 is 0 Å². The predicted octanol–water partition coefficient (Wildman–Crippen LogP) is 14.6. The van der Waals surface area contributed by atoms with Gasteiger partial charge in [-0.3, -0.25) is 0 Å². The van der Waals surface area contributed by atoms with Gasteiger partial charge in [0.25, 0.3) is 0 Å². The largest absolute Gasteiger partial charge is 0.310 e. The van der Waals surface area contributed by atoms with Crippen molar-refractivity contribution in [3.05, 3.63) is 233 Å². The summed E-state index contributed by atoms with van der Waals surface area (Å²) >= 11 is 0. The SMILES string of the molecule is c1ccc(-c2ccc(N(c3ccc4c(c3)CCCC4)c3cc4c(cc3-c3ccc5c(c3)CCCC5)-c3ccccc3C4(c3ccccc3)c3ccccc3)cc2)cc1. The maximum Gasteiger partial charge on any atom is 0.0714 e. The molecule has 0 atom stereocenters. The minimum atomic E-state index is -0.504. The van der Waals surface area contributed by atoms with Crippen LogP contribution in [0.2, 0.25) is 0 Å². The van der Waals surface area contributed by atoms with E-state index in [2.05, 4.69) is 193 Å².